The van der Waals surface area contributed by atoms with Crippen molar-refractivity contribution < 1.29 is 13.9 Å². The molecule has 0 saturated carbocycles. The lowest BCUT2D eigenvalue weighted by atomic mass is 10.1. The lowest BCUT2D eigenvalue weighted by Gasteiger charge is -2.08. The number of amides is 1. The SMILES string of the molecule is Cc1nc(-c2ccco2)nc2sc(C(=O)NCCCOC(C)C)c(C)c12. The Hall–Kier alpha value is -2.25. The van der Waals surface area contributed by atoms with Crippen molar-refractivity contribution in [2.75, 3.05) is 13.2 Å². The zero-order chi connectivity index (χ0) is 18.7. The summed E-state index contributed by atoms with van der Waals surface area (Å²) in [6, 6.07) is 3.63. The van der Waals surface area contributed by atoms with E-state index in [0.29, 0.717) is 29.6 Å². The number of rotatable bonds is 7. The molecule has 1 amide bonds. The fourth-order valence-corrected chi connectivity index (χ4v) is 3.89. The lowest BCUT2D eigenvalue weighted by molar-refractivity contribution is 0.0757. The van der Waals surface area contributed by atoms with Crippen LogP contribution >= 0.6 is 11.3 Å². The fourth-order valence-electron chi connectivity index (χ4n) is 2.74. The van der Waals surface area contributed by atoms with Crippen molar-refractivity contribution in [2.24, 2.45) is 0 Å². The van der Waals surface area contributed by atoms with Gasteiger partial charge in [-0.2, -0.15) is 0 Å². The molecule has 26 heavy (non-hydrogen) atoms. The first-order valence-corrected chi connectivity index (χ1v) is 9.50. The number of hydrogen-bond donors (Lipinski definition) is 1. The molecule has 0 radical (unpaired) electrons. The van der Waals surface area contributed by atoms with E-state index in [1.54, 1.807) is 12.3 Å². The Kier molecular flexibility index (Phi) is 5.68. The van der Waals surface area contributed by atoms with E-state index in [9.17, 15) is 4.79 Å². The summed E-state index contributed by atoms with van der Waals surface area (Å²) in [6.45, 7) is 9.10. The second kappa shape index (κ2) is 7.97. The van der Waals surface area contributed by atoms with Crippen molar-refractivity contribution in [3.05, 3.63) is 34.5 Å². The molecule has 0 saturated heterocycles. The highest BCUT2D eigenvalue weighted by molar-refractivity contribution is 7.20. The Morgan fingerprint density at radius 1 is 1.35 bits per heavy atom. The third-order valence-corrected chi connectivity index (χ3v) is 5.16. The van der Waals surface area contributed by atoms with Gasteiger partial charge in [-0.15, -0.1) is 11.3 Å². The predicted molar refractivity (Wildman–Crippen MR) is 103 cm³/mol. The van der Waals surface area contributed by atoms with Crippen molar-refractivity contribution in [3.8, 4) is 11.6 Å². The van der Waals surface area contributed by atoms with E-state index < -0.39 is 0 Å². The van der Waals surface area contributed by atoms with Crippen LogP contribution in [-0.4, -0.2) is 35.1 Å². The number of hydrogen-bond acceptors (Lipinski definition) is 6. The van der Waals surface area contributed by atoms with E-state index in [1.165, 1.54) is 11.3 Å². The highest BCUT2D eigenvalue weighted by atomic mass is 32.1. The Morgan fingerprint density at radius 3 is 2.85 bits per heavy atom. The first kappa shape index (κ1) is 18.5. The number of carbonyl (C=O) groups excluding carboxylic acids is 1. The highest BCUT2D eigenvalue weighted by Gasteiger charge is 2.19. The second-order valence-electron chi connectivity index (χ2n) is 6.38. The first-order valence-electron chi connectivity index (χ1n) is 8.68. The van der Waals surface area contributed by atoms with Crippen molar-refractivity contribution in [1.82, 2.24) is 15.3 Å². The van der Waals surface area contributed by atoms with Crippen molar-refractivity contribution in [1.29, 1.82) is 0 Å². The average molecular weight is 373 g/mol. The maximum absolute atomic E-state index is 12.5. The largest absolute Gasteiger partial charge is 0.461 e. The Balaban J connectivity index is 1.78. The molecular formula is C19H23N3O3S. The molecule has 0 aliphatic heterocycles. The number of nitrogens with zero attached hydrogens (tertiary/aromatic N) is 2. The number of ether oxygens (including phenoxy) is 1. The van der Waals surface area contributed by atoms with Crippen LogP contribution in [0.5, 0.6) is 0 Å². The number of carbonyl (C=O) groups is 1. The zero-order valence-corrected chi connectivity index (χ0v) is 16.3. The molecule has 3 rings (SSSR count). The lowest BCUT2D eigenvalue weighted by Crippen LogP contribution is -2.25. The summed E-state index contributed by atoms with van der Waals surface area (Å²) in [6.07, 6.45) is 2.59. The summed E-state index contributed by atoms with van der Waals surface area (Å²) in [5.74, 6) is 1.09. The Labute approximate surface area is 156 Å². The number of nitrogens with one attached hydrogen (secondary N) is 1. The topological polar surface area (TPSA) is 77.2 Å². The fraction of sp³-hybridized carbons (Fsp3) is 0.421. The van der Waals surface area contributed by atoms with Crippen LogP contribution in [0.4, 0.5) is 0 Å². The number of fused-ring (bicyclic) bond motifs is 1. The molecule has 0 aromatic carbocycles. The highest BCUT2D eigenvalue weighted by Crippen LogP contribution is 2.32. The van der Waals surface area contributed by atoms with Gasteiger partial charge in [0.25, 0.3) is 5.91 Å². The molecule has 3 heterocycles. The summed E-state index contributed by atoms with van der Waals surface area (Å²) in [7, 11) is 0. The molecule has 1 N–H and O–H groups in total. The van der Waals surface area contributed by atoms with E-state index in [-0.39, 0.29) is 12.0 Å². The van der Waals surface area contributed by atoms with E-state index in [4.69, 9.17) is 9.15 Å². The maximum Gasteiger partial charge on any atom is 0.261 e. The molecule has 138 valence electrons. The van der Waals surface area contributed by atoms with Crippen LogP contribution < -0.4 is 5.32 Å². The summed E-state index contributed by atoms with van der Waals surface area (Å²) >= 11 is 1.39. The first-order chi connectivity index (χ1) is 12.5. The van der Waals surface area contributed by atoms with Gasteiger partial charge in [-0.05, 0) is 51.8 Å². The molecule has 7 heteroatoms. The molecule has 0 fully saturated rings. The number of furan rings is 1. The molecule has 0 bridgehead atoms. The van der Waals surface area contributed by atoms with Gasteiger partial charge < -0.3 is 14.5 Å². The molecule has 3 aromatic rings. The van der Waals surface area contributed by atoms with Gasteiger partial charge in [0.1, 0.15) is 4.83 Å². The standard InChI is InChI=1S/C19H23N3O3S/c1-11(2)24-10-6-8-20-18(23)16-12(3)15-13(4)21-17(22-19(15)26-16)14-7-5-9-25-14/h5,7,9,11H,6,8,10H2,1-4H3,(H,20,23). The molecule has 3 aromatic heterocycles. The molecule has 0 atom stereocenters. The van der Waals surface area contributed by atoms with Crippen LogP contribution in [0.15, 0.2) is 22.8 Å². The van der Waals surface area contributed by atoms with Crippen LogP contribution in [0.3, 0.4) is 0 Å². The predicted octanol–water partition coefficient (Wildman–Crippen LogP) is 4.11. The Morgan fingerprint density at radius 2 is 2.15 bits per heavy atom. The third-order valence-electron chi connectivity index (χ3n) is 3.98. The quantitative estimate of drug-likeness (QED) is 0.631. The van der Waals surface area contributed by atoms with Gasteiger partial charge in [0.15, 0.2) is 11.6 Å². The average Bonchev–Trinajstić information content (AvgIpc) is 3.22. The summed E-state index contributed by atoms with van der Waals surface area (Å²) < 4.78 is 10.9. The minimum Gasteiger partial charge on any atom is -0.461 e. The van der Waals surface area contributed by atoms with Gasteiger partial charge in [-0.3, -0.25) is 4.79 Å². The van der Waals surface area contributed by atoms with Crippen molar-refractivity contribution in [3.63, 3.8) is 0 Å². The normalized spacial score (nSPS) is 11.4. The second-order valence-corrected chi connectivity index (χ2v) is 7.37. The molecule has 0 aliphatic carbocycles. The number of thiophene rings is 1. The number of aromatic nitrogens is 2. The smallest absolute Gasteiger partial charge is 0.261 e. The van der Waals surface area contributed by atoms with Crippen LogP contribution in [-0.2, 0) is 4.74 Å². The summed E-state index contributed by atoms with van der Waals surface area (Å²) in [4.78, 5) is 23.1. The summed E-state index contributed by atoms with van der Waals surface area (Å²) in [5, 5.41) is 3.90. The number of aryl methyl sites for hydroxylation is 2. The van der Waals surface area contributed by atoms with Crippen LogP contribution in [0.1, 0.15) is 41.2 Å². The molecular weight excluding hydrogens is 350 g/mol. The molecule has 0 aliphatic rings. The zero-order valence-electron chi connectivity index (χ0n) is 15.5. The molecule has 0 spiro atoms. The minimum absolute atomic E-state index is 0.0750. The van der Waals surface area contributed by atoms with Crippen molar-refractivity contribution in [2.45, 2.75) is 40.2 Å². The van der Waals surface area contributed by atoms with E-state index in [0.717, 1.165) is 27.9 Å². The maximum atomic E-state index is 12.5. The van der Waals surface area contributed by atoms with Gasteiger partial charge >= 0.3 is 0 Å². The summed E-state index contributed by atoms with van der Waals surface area (Å²) in [5.41, 5.74) is 1.77. The monoisotopic (exact) mass is 373 g/mol. The van der Waals surface area contributed by atoms with E-state index in [2.05, 4.69) is 15.3 Å². The minimum atomic E-state index is -0.0750. The molecule has 0 unspecified atom stereocenters. The van der Waals surface area contributed by atoms with E-state index >= 15 is 0 Å². The van der Waals surface area contributed by atoms with Gasteiger partial charge in [-0.1, -0.05) is 0 Å². The van der Waals surface area contributed by atoms with Crippen LogP contribution in [0.2, 0.25) is 0 Å². The Bertz CT molecular complexity index is 901. The van der Waals surface area contributed by atoms with Crippen LogP contribution in [0.25, 0.3) is 21.8 Å². The third kappa shape index (κ3) is 3.94. The van der Waals surface area contributed by atoms with Crippen molar-refractivity contribution >= 4 is 27.5 Å². The molecule has 6 nitrogen and oxygen atoms in total. The van der Waals surface area contributed by atoms with Gasteiger partial charge in [0, 0.05) is 18.5 Å². The van der Waals surface area contributed by atoms with Gasteiger partial charge in [0.2, 0.25) is 0 Å². The van der Waals surface area contributed by atoms with Crippen LogP contribution in [0, 0.1) is 13.8 Å². The van der Waals surface area contributed by atoms with Gasteiger partial charge in [0.05, 0.1) is 22.9 Å². The van der Waals surface area contributed by atoms with Gasteiger partial charge in [-0.25, -0.2) is 9.97 Å². The van der Waals surface area contributed by atoms with E-state index in [1.807, 2.05) is 33.8 Å².